The highest BCUT2D eigenvalue weighted by atomic mass is 19.1. The summed E-state index contributed by atoms with van der Waals surface area (Å²) in [7, 11) is 0. The van der Waals surface area contributed by atoms with Gasteiger partial charge in [-0.25, -0.2) is 4.39 Å². The quantitative estimate of drug-likeness (QED) is 0.819. The number of hydrogen-bond acceptors (Lipinski definition) is 4. The molecule has 0 radical (unpaired) electrons. The van der Waals surface area contributed by atoms with Gasteiger partial charge in [0.25, 0.3) is 0 Å². The number of carbonyl (C=O) groups excluding carboxylic acids is 1. The van der Waals surface area contributed by atoms with E-state index in [-0.39, 0.29) is 17.3 Å². The van der Waals surface area contributed by atoms with E-state index >= 15 is 0 Å². The molecule has 6 heteroatoms. The number of likely N-dealkylation sites (tertiary alicyclic amines) is 2. The van der Waals surface area contributed by atoms with Crippen molar-refractivity contribution in [2.45, 2.75) is 76.0 Å². The average molecular weight is 418 g/mol. The summed E-state index contributed by atoms with van der Waals surface area (Å²) >= 11 is 0. The maximum absolute atomic E-state index is 14.2. The second-order valence-corrected chi connectivity index (χ2v) is 9.78. The number of nitrogens with zero attached hydrogens (tertiary/aromatic N) is 3. The van der Waals surface area contributed by atoms with Gasteiger partial charge in [0.2, 0.25) is 5.91 Å². The molecule has 0 bridgehead atoms. The molecule has 3 saturated heterocycles. The number of carbonyl (C=O) groups is 1. The second-order valence-electron chi connectivity index (χ2n) is 9.78. The molecule has 1 N–H and O–H groups in total. The zero-order chi connectivity index (χ0) is 21.4. The van der Waals surface area contributed by atoms with E-state index in [1.165, 1.54) is 6.07 Å². The number of para-hydroxylation sites is 1. The van der Waals surface area contributed by atoms with E-state index in [1.54, 1.807) is 13.0 Å². The number of piperidine rings is 2. The molecule has 1 amide bonds. The summed E-state index contributed by atoms with van der Waals surface area (Å²) in [6, 6.07) is 7.19. The van der Waals surface area contributed by atoms with Gasteiger partial charge in [-0.2, -0.15) is 0 Å². The minimum absolute atomic E-state index is 0.148. The van der Waals surface area contributed by atoms with Gasteiger partial charge in [-0.15, -0.1) is 0 Å². The number of amides is 1. The van der Waals surface area contributed by atoms with Crippen molar-refractivity contribution < 1.29 is 14.3 Å². The van der Waals surface area contributed by atoms with E-state index < -0.39 is 5.60 Å². The van der Waals surface area contributed by atoms with Crippen molar-refractivity contribution in [3.63, 3.8) is 0 Å². The summed E-state index contributed by atoms with van der Waals surface area (Å²) in [6.07, 6.45) is 6.62. The van der Waals surface area contributed by atoms with E-state index in [4.69, 9.17) is 0 Å². The highest BCUT2D eigenvalue weighted by molar-refractivity contribution is 5.74. The highest BCUT2D eigenvalue weighted by Crippen LogP contribution is 2.40. The molecule has 5 nitrogen and oxygen atoms in total. The first-order valence-electron chi connectivity index (χ1n) is 11.6. The fraction of sp³-hybridized carbons (Fsp3) is 0.708. The number of hydrogen-bond donors (Lipinski definition) is 1. The van der Waals surface area contributed by atoms with Crippen molar-refractivity contribution in [2.75, 3.05) is 37.6 Å². The van der Waals surface area contributed by atoms with Gasteiger partial charge in [0, 0.05) is 39.1 Å². The van der Waals surface area contributed by atoms with Crippen LogP contribution in [0.4, 0.5) is 10.1 Å². The Kier molecular flexibility index (Phi) is 6.08. The Morgan fingerprint density at radius 2 is 1.83 bits per heavy atom. The summed E-state index contributed by atoms with van der Waals surface area (Å²) in [5, 5.41) is 11.4. The van der Waals surface area contributed by atoms with Crippen LogP contribution in [0.1, 0.15) is 58.8 Å². The van der Waals surface area contributed by atoms with Crippen LogP contribution in [-0.4, -0.2) is 70.7 Å². The fourth-order valence-electron chi connectivity index (χ4n) is 6.14. The Morgan fingerprint density at radius 3 is 2.53 bits per heavy atom. The van der Waals surface area contributed by atoms with E-state index in [0.717, 1.165) is 45.2 Å². The monoisotopic (exact) mass is 417 g/mol. The Morgan fingerprint density at radius 1 is 1.10 bits per heavy atom. The third-order valence-electron chi connectivity index (χ3n) is 7.78. The topological polar surface area (TPSA) is 47.0 Å². The number of halogens is 1. The lowest BCUT2D eigenvalue weighted by molar-refractivity contribution is -0.141. The minimum Gasteiger partial charge on any atom is -0.388 e. The summed E-state index contributed by atoms with van der Waals surface area (Å²) in [6.45, 7) is 7.73. The Balaban J connectivity index is 1.46. The van der Waals surface area contributed by atoms with Gasteiger partial charge >= 0.3 is 0 Å². The first-order chi connectivity index (χ1) is 14.3. The van der Waals surface area contributed by atoms with Crippen molar-refractivity contribution in [1.29, 1.82) is 0 Å². The zero-order valence-electron chi connectivity index (χ0n) is 18.4. The van der Waals surface area contributed by atoms with Gasteiger partial charge in [-0.3, -0.25) is 9.69 Å². The standard InChI is InChI=1S/C24H36FN3O2/c1-19(29)28-15-6-5-10-22-23(28,2)11-7-14-27(22)18-24(30)12-16-26(17-13-24)21-9-4-3-8-20(21)25/h3-4,8-9,22,30H,5-7,10-18H2,1-2H3/t22-,23-/m0/s1. The van der Waals surface area contributed by atoms with Crippen LogP contribution in [0.25, 0.3) is 0 Å². The molecule has 3 aliphatic rings. The van der Waals surface area contributed by atoms with Crippen molar-refractivity contribution >= 4 is 11.6 Å². The van der Waals surface area contributed by atoms with Crippen LogP contribution in [0.15, 0.2) is 24.3 Å². The number of anilines is 1. The molecule has 1 aromatic rings. The molecule has 2 atom stereocenters. The number of rotatable bonds is 3. The maximum Gasteiger partial charge on any atom is 0.219 e. The molecule has 0 aliphatic carbocycles. The first-order valence-corrected chi connectivity index (χ1v) is 11.6. The molecule has 166 valence electrons. The lowest BCUT2D eigenvalue weighted by Gasteiger charge is -2.54. The lowest BCUT2D eigenvalue weighted by atomic mass is 9.78. The molecule has 0 spiro atoms. The molecule has 4 rings (SSSR count). The smallest absolute Gasteiger partial charge is 0.219 e. The van der Waals surface area contributed by atoms with Crippen LogP contribution in [-0.2, 0) is 4.79 Å². The lowest BCUT2D eigenvalue weighted by Crippen LogP contribution is -2.66. The summed E-state index contributed by atoms with van der Waals surface area (Å²) in [5.41, 5.74) is -0.274. The van der Waals surface area contributed by atoms with Crippen LogP contribution in [0.3, 0.4) is 0 Å². The van der Waals surface area contributed by atoms with Gasteiger partial charge in [0.1, 0.15) is 5.82 Å². The van der Waals surface area contributed by atoms with Crippen LogP contribution in [0.2, 0.25) is 0 Å². The van der Waals surface area contributed by atoms with E-state index in [0.29, 0.717) is 44.2 Å². The largest absolute Gasteiger partial charge is 0.388 e. The number of β-amino-alcohol motifs (C(OH)–C–C–N with tert-alkyl or cyclic N) is 1. The molecule has 3 heterocycles. The Labute approximate surface area is 179 Å². The molecule has 30 heavy (non-hydrogen) atoms. The molecular weight excluding hydrogens is 381 g/mol. The molecule has 1 aromatic carbocycles. The SMILES string of the molecule is CC(=O)N1CCCC[C@@H]2N(CC3(O)CCN(c4ccccc4F)CC3)CCC[C@@]21C. The fourth-order valence-corrected chi connectivity index (χ4v) is 6.14. The summed E-state index contributed by atoms with van der Waals surface area (Å²) in [5.74, 6) is -0.0272. The second kappa shape index (κ2) is 8.46. The van der Waals surface area contributed by atoms with Crippen molar-refractivity contribution in [3.8, 4) is 0 Å². The predicted molar refractivity (Wildman–Crippen MR) is 117 cm³/mol. The van der Waals surface area contributed by atoms with Crippen LogP contribution >= 0.6 is 0 Å². The summed E-state index contributed by atoms with van der Waals surface area (Å²) < 4.78 is 14.2. The van der Waals surface area contributed by atoms with E-state index in [2.05, 4.69) is 16.7 Å². The molecule has 0 aromatic heterocycles. The van der Waals surface area contributed by atoms with Crippen molar-refractivity contribution in [1.82, 2.24) is 9.80 Å². The Bertz CT molecular complexity index is 765. The third kappa shape index (κ3) is 4.09. The van der Waals surface area contributed by atoms with Gasteiger partial charge in [0.15, 0.2) is 0 Å². The number of fused-ring (bicyclic) bond motifs is 1. The molecule has 0 saturated carbocycles. The van der Waals surface area contributed by atoms with Crippen LogP contribution in [0, 0.1) is 5.82 Å². The predicted octanol–water partition coefficient (Wildman–Crippen LogP) is 3.41. The van der Waals surface area contributed by atoms with Crippen molar-refractivity contribution in [2.24, 2.45) is 0 Å². The normalized spacial score (nSPS) is 29.9. The molecular formula is C24H36FN3O2. The van der Waals surface area contributed by atoms with E-state index in [9.17, 15) is 14.3 Å². The van der Waals surface area contributed by atoms with Crippen LogP contribution in [0.5, 0.6) is 0 Å². The van der Waals surface area contributed by atoms with Gasteiger partial charge in [-0.1, -0.05) is 18.6 Å². The van der Waals surface area contributed by atoms with Gasteiger partial charge < -0.3 is 14.9 Å². The van der Waals surface area contributed by atoms with Crippen LogP contribution < -0.4 is 4.90 Å². The molecule has 3 fully saturated rings. The highest BCUT2D eigenvalue weighted by Gasteiger charge is 2.48. The molecule has 3 aliphatic heterocycles. The third-order valence-corrected chi connectivity index (χ3v) is 7.78. The minimum atomic E-state index is -0.757. The maximum atomic E-state index is 14.2. The van der Waals surface area contributed by atoms with Gasteiger partial charge in [0.05, 0.1) is 16.8 Å². The first kappa shape index (κ1) is 21.6. The van der Waals surface area contributed by atoms with E-state index in [1.807, 2.05) is 17.0 Å². The Hall–Kier alpha value is -1.66. The number of benzene rings is 1. The summed E-state index contributed by atoms with van der Waals surface area (Å²) in [4.78, 5) is 19.0. The zero-order valence-corrected chi connectivity index (χ0v) is 18.4. The average Bonchev–Trinajstić information content (AvgIpc) is 2.88. The number of aliphatic hydroxyl groups is 1. The van der Waals surface area contributed by atoms with Gasteiger partial charge in [-0.05, 0) is 64.1 Å². The molecule has 0 unspecified atom stereocenters. The van der Waals surface area contributed by atoms with Crippen molar-refractivity contribution in [3.05, 3.63) is 30.1 Å².